The number of rotatable bonds is 6. The summed E-state index contributed by atoms with van der Waals surface area (Å²) in [5.74, 6) is 1.07. The fraction of sp³-hybridized carbons (Fsp3) is 0.714. The van der Waals surface area contributed by atoms with Gasteiger partial charge in [0.1, 0.15) is 16.4 Å². The van der Waals surface area contributed by atoms with E-state index in [0.29, 0.717) is 18.1 Å². The third-order valence-corrected chi connectivity index (χ3v) is 5.77. The van der Waals surface area contributed by atoms with E-state index in [0.717, 1.165) is 25.8 Å². The van der Waals surface area contributed by atoms with E-state index in [1.54, 1.807) is 13.0 Å². The zero-order chi connectivity index (χ0) is 15.0. The molecule has 6 nitrogen and oxygen atoms in total. The van der Waals surface area contributed by atoms with Crippen molar-refractivity contribution >= 4 is 10.0 Å². The van der Waals surface area contributed by atoms with Crippen LogP contribution >= 0.6 is 0 Å². The minimum Gasteiger partial charge on any atom is -0.464 e. The quantitative estimate of drug-likeness (QED) is 0.827. The summed E-state index contributed by atoms with van der Waals surface area (Å²) in [6.45, 7) is 5.01. The number of nitrogens with one attached hydrogen (secondary N) is 2. The van der Waals surface area contributed by atoms with Crippen LogP contribution in [0.1, 0.15) is 37.7 Å². The molecule has 2 fully saturated rings. The summed E-state index contributed by atoms with van der Waals surface area (Å²) in [4.78, 5) is 0.234. The molecule has 3 heterocycles. The number of furan rings is 1. The number of hydrogen-bond donors (Lipinski definition) is 2. The van der Waals surface area contributed by atoms with Crippen LogP contribution in [0, 0.1) is 6.92 Å². The smallest absolute Gasteiger partial charge is 0.244 e. The molecule has 0 saturated carbocycles. The molecule has 1 aromatic rings. The molecular formula is C14H22N2O4S. The molecule has 0 amide bonds. The topological polar surface area (TPSA) is 80.6 Å². The molecule has 3 atom stereocenters. The van der Waals surface area contributed by atoms with Crippen LogP contribution in [0.4, 0.5) is 0 Å². The zero-order valence-corrected chi connectivity index (χ0v) is 13.2. The number of sulfonamides is 1. The molecule has 2 bridgehead atoms. The molecule has 0 aliphatic carbocycles. The Morgan fingerprint density at radius 2 is 2.19 bits per heavy atom. The van der Waals surface area contributed by atoms with Crippen molar-refractivity contribution in [2.24, 2.45) is 0 Å². The van der Waals surface area contributed by atoms with Crippen LogP contribution in [-0.2, 0) is 21.3 Å². The molecule has 0 radical (unpaired) electrons. The molecule has 0 aromatic carbocycles. The summed E-state index contributed by atoms with van der Waals surface area (Å²) >= 11 is 0. The maximum atomic E-state index is 12.5. The first kappa shape index (κ1) is 15.0. The zero-order valence-electron chi connectivity index (χ0n) is 12.4. The lowest BCUT2D eigenvalue weighted by molar-refractivity contribution is 0.0996. The van der Waals surface area contributed by atoms with Gasteiger partial charge in [-0.3, -0.25) is 0 Å². The van der Waals surface area contributed by atoms with E-state index in [1.807, 2.05) is 6.92 Å². The van der Waals surface area contributed by atoms with E-state index >= 15 is 0 Å². The Bertz CT molecular complexity index is 610. The Labute approximate surface area is 125 Å². The first-order chi connectivity index (χ1) is 9.99. The summed E-state index contributed by atoms with van der Waals surface area (Å²) in [5.41, 5.74) is 0. The molecular weight excluding hydrogens is 292 g/mol. The van der Waals surface area contributed by atoms with Gasteiger partial charge in [-0.25, -0.2) is 13.1 Å². The van der Waals surface area contributed by atoms with Gasteiger partial charge in [0.15, 0.2) is 0 Å². The second-order valence-corrected chi connectivity index (χ2v) is 7.43. The molecule has 3 rings (SSSR count). The first-order valence-corrected chi connectivity index (χ1v) is 8.95. The second kappa shape index (κ2) is 5.72. The van der Waals surface area contributed by atoms with Crippen molar-refractivity contribution in [3.63, 3.8) is 0 Å². The average molecular weight is 314 g/mol. The van der Waals surface area contributed by atoms with Crippen LogP contribution in [0.2, 0.25) is 0 Å². The maximum absolute atomic E-state index is 12.5. The second-order valence-electron chi connectivity index (χ2n) is 5.75. The van der Waals surface area contributed by atoms with Gasteiger partial charge in [-0.15, -0.1) is 0 Å². The molecule has 2 N–H and O–H groups in total. The van der Waals surface area contributed by atoms with E-state index in [2.05, 4.69) is 10.0 Å². The standard InChI is InChI=1S/C14H22N2O4S/c1-3-15-8-11-7-14(9(2)19-11)21(17,18)16-12-6-10-4-5-13(12)20-10/h7,10,12-13,15-16H,3-6,8H2,1-2H3. The van der Waals surface area contributed by atoms with Gasteiger partial charge in [0.25, 0.3) is 0 Å². The van der Waals surface area contributed by atoms with Crippen LogP contribution in [0.3, 0.4) is 0 Å². The van der Waals surface area contributed by atoms with Crippen molar-refractivity contribution in [1.82, 2.24) is 10.0 Å². The van der Waals surface area contributed by atoms with E-state index in [-0.39, 0.29) is 23.1 Å². The normalized spacial score (nSPS) is 28.4. The fourth-order valence-electron chi connectivity index (χ4n) is 3.15. The molecule has 1 aromatic heterocycles. The molecule has 2 aliphatic heterocycles. The summed E-state index contributed by atoms with van der Waals surface area (Å²) in [7, 11) is -3.55. The Morgan fingerprint density at radius 3 is 2.81 bits per heavy atom. The van der Waals surface area contributed by atoms with Crippen molar-refractivity contribution in [3.05, 3.63) is 17.6 Å². The monoisotopic (exact) mass is 314 g/mol. The molecule has 2 aliphatic rings. The van der Waals surface area contributed by atoms with Crippen LogP contribution in [0.15, 0.2) is 15.4 Å². The molecule has 3 unspecified atom stereocenters. The predicted octanol–water partition coefficient (Wildman–Crippen LogP) is 1.30. The van der Waals surface area contributed by atoms with E-state index in [9.17, 15) is 8.42 Å². The van der Waals surface area contributed by atoms with E-state index in [4.69, 9.17) is 9.15 Å². The summed E-state index contributed by atoms with van der Waals surface area (Å²) in [5, 5.41) is 3.12. The Morgan fingerprint density at radius 1 is 1.38 bits per heavy atom. The molecule has 0 spiro atoms. The number of hydrogen-bond acceptors (Lipinski definition) is 5. The first-order valence-electron chi connectivity index (χ1n) is 7.47. The van der Waals surface area contributed by atoms with Crippen molar-refractivity contribution in [2.45, 2.75) is 62.8 Å². The average Bonchev–Trinajstić information content (AvgIpc) is 3.11. The molecule has 7 heteroatoms. The molecule has 118 valence electrons. The van der Waals surface area contributed by atoms with Crippen molar-refractivity contribution < 1.29 is 17.6 Å². The van der Waals surface area contributed by atoms with Crippen molar-refractivity contribution in [2.75, 3.05) is 6.54 Å². The fourth-order valence-corrected chi connectivity index (χ4v) is 4.63. The van der Waals surface area contributed by atoms with Gasteiger partial charge in [-0.05, 0) is 32.7 Å². The number of ether oxygens (including phenoxy) is 1. The van der Waals surface area contributed by atoms with E-state index < -0.39 is 10.0 Å². The van der Waals surface area contributed by atoms with Crippen LogP contribution in [-0.4, -0.2) is 33.2 Å². The molecule has 21 heavy (non-hydrogen) atoms. The van der Waals surface area contributed by atoms with Gasteiger partial charge in [0.05, 0.1) is 24.8 Å². The Balaban J connectivity index is 1.74. The highest BCUT2D eigenvalue weighted by Crippen LogP contribution is 2.35. The summed E-state index contributed by atoms with van der Waals surface area (Å²) in [6.07, 6.45) is 3.00. The van der Waals surface area contributed by atoms with Crippen LogP contribution in [0.5, 0.6) is 0 Å². The predicted molar refractivity (Wildman–Crippen MR) is 77.4 cm³/mol. The van der Waals surface area contributed by atoms with Crippen LogP contribution < -0.4 is 10.0 Å². The Kier molecular flexibility index (Phi) is 4.09. The highest BCUT2D eigenvalue weighted by atomic mass is 32.2. The van der Waals surface area contributed by atoms with Gasteiger partial charge in [-0.1, -0.05) is 6.92 Å². The van der Waals surface area contributed by atoms with Crippen molar-refractivity contribution in [3.8, 4) is 0 Å². The minimum atomic E-state index is -3.55. The highest BCUT2D eigenvalue weighted by molar-refractivity contribution is 7.89. The van der Waals surface area contributed by atoms with Gasteiger partial charge in [0.2, 0.25) is 10.0 Å². The maximum Gasteiger partial charge on any atom is 0.244 e. The lowest BCUT2D eigenvalue weighted by Crippen LogP contribution is -2.41. The lowest BCUT2D eigenvalue weighted by Gasteiger charge is -2.19. The highest BCUT2D eigenvalue weighted by Gasteiger charge is 2.43. The van der Waals surface area contributed by atoms with Crippen molar-refractivity contribution in [1.29, 1.82) is 0 Å². The van der Waals surface area contributed by atoms with E-state index in [1.165, 1.54) is 0 Å². The summed E-state index contributed by atoms with van der Waals surface area (Å²) < 4.78 is 39.0. The SMILES string of the molecule is CCNCc1cc(S(=O)(=O)NC2CC3CCC2O3)c(C)o1. The minimum absolute atomic E-state index is 0.0261. The third-order valence-electron chi connectivity index (χ3n) is 4.17. The van der Waals surface area contributed by atoms with Gasteiger partial charge in [0, 0.05) is 6.07 Å². The third kappa shape index (κ3) is 3.01. The largest absolute Gasteiger partial charge is 0.464 e. The van der Waals surface area contributed by atoms with Gasteiger partial charge < -0.3 is 14.5 Å². The summed E-state index contributed by atoms with van der Waals surface area (Å²) in [6, 6.07) is 1.49. The van der Waals surface area contributed by atoms with Crippen LogP contribution in [0.25, 0.3) is 0 Å². The lowest BCUT2D eigenvalue weighted by atomic mass is 9.96. The van der Waals surface area contributed by atoms with Gasteiger partial charge in [-0.2, -0.15) is 0 Å². The number of aryl methyl sites for hydroxylation is 1. The molecule has 2 saturated heterocycles. The van der Waals surface area contributed by atoms with Gasteiger partial charge >= 0.3 is 0 Å². The Hall–Kier alpha value is -0.890. The number of fused-ring (bicyclic) bond motifs is 2.